The number of hydrogen-bond acceptors (Lipinski definition) is 6. The monoisotopic (exact) mass is 307 g/mol. The number of nitrogens with zero attached hydrogens (tertiary/aromatic N) is 2. The molecule has 3 rings (SSSR count). The molecule has 7 nitrogen and oxygen atoms in total. The second-order valence-corrected chi connectivity index (χ2v) is 5.82. The standard InChI is InChI=1S/C15H21N3O4/c1-8(2)16-15-17-9-5-3-4-6-10(9)18(15)14-13(21)12(20)11(7-19)22-14/h3-6,8,11-14,19-21H,7H2,1-2H3,(H,16,17)/t11-,12-,13-,14-/m0/s1. The van der Waals surface area contributed by atoms with E-state index in [-0.39, 0.29) is 12.6 Å². The van der Waals surface area contributed by atoms with Crippen LogP contribution in [-0.4, -0.2) is 55.8 Å². The lowest BCUT2D eigenvalue weighted by Crippen LogP contribution is -2.33. The molecule has 1 saturated heterocycles. The highest BCUT2D eigenvalue weighted by atomic mass is 16.6. The molecule has 0 radical (unpaired) electrons. The lowest BCUT2D eigenvalue weighted by molar-refractivity contribution is -0.0499. The largest absolute Gasteiger partial charge is 0.394 e. The number of aliphatic hydroxyl groups excluding tert-OH is 3. The zero-order chi connectivity index (χ0) is 15.9. The van der Waals surface area contributed by atoms with E-state index < -0.39 is 24.5 Å². The van der Waals surface area contributed by atoms with Crippen LogP contribution >= 0.6 is 0 Å². The molecule has 0 saturated carbocycles. The van der Waals surface area contributed by atoms with E-state index >= 15 is 0 Å². The van der Waals surface area contributed by atoms with Crippen LogP contribution in [0.2, 0.25) is 0 Å². The average Bonchev–Trinajstić information content (AvgIpc) is 2.97. The summed E-state index contributed by atoms with van der Waals surface area (Å²) in [6.45, 7) is 3.62. The lowest BCUT2D eigenvalue weighted by atomic mass is 10.1. The third-order valence-electron chi connectivity index (χ3n) is 3.79. The van der Waals surface area contributed by atoms with Gasteiger partial charge in [0.1, 0.15) is 18.3 Å². The minimum Gasteiger partial charge on any atom is -0.394 e. The Morgan fingerprint density at radius 1 is 1.27 bits per heavy atom. The topological polar surface area (TPSA) is 99.8 Å². The number of rotatable bonds is 4. The molecule has 7 heteroatoms. The molecule has 0 amide bonds. The third-order valence-corrected chi connectivity index (χ3v) is 3.79. The third kappa shape index (κ3) is 2.46. The summed E-state index contributed by atoms with van der Waals surface area (Å²) in [5.41, 5.74) is 1.56. The molecule has 4 atom stereocenters. The number of ether oxygens (including phenoxy) is 1. The molecule has 0 spiro atoms. The molecule has 120 valence electrons. The van der Waals surface area contributed by atoms with Gasteiger partial charge in [-0.25, -0.2) is 4.98 Å². The first-order chi connectivity index (χ1) is 10.5. The van der Waals surface area contributed by atoms with Crippen molar-refractivity contribution >= 4 is 17.0 Å². The van der Waals surface area contributed by atoms with Gasteiger partial charge in [-0.05, 0) is 26.0 Å². The van der Waals surface area contributed by atoms with Gasteiger partial charge in [0.2, 0.25) is 5.95 Å². The van der Waals surface area contributed by atoms with Gasteiger partial charge in [-0.1, -0.05) is 12.1 Å². The predicted molar refractivity (Wildman–Crippen MR) is 81.5 cm³/mol. The fourth-order valence-corrected chi connectivity index (χ4v) is 2.76. The van der Waals surface area contributed by atoms with E-state index in [0.717, 1.165) is 11.0 Å². The second kappa shape index (κ2) is 5.85. The maximum atomic E-state index is 10.3. The van der Waals surface area contributed by atoms with Gasteiger partial charge < -0.3 is 25.4 Å². The predicted octanol–water partition coefficient (Wildman–Crippen LogP) is 0.468. The molecule has 0 unspecified atom stereocenters. The highest BCUT2D eigenvalue weighted by molar-refractivity contribution is 5.78. The van der Waals surface area contributed by atoms with Crippen molar-refractivity contribution in [1.82, 2.24) is 9.55 Å². The van der Waals surface area contributed by atoms with Gasteiger partial charge in [0.25, 0.3) is 0 Å². The van der Waals surface area contributed by atoms with Crippen LogP contribution in [-0.2, 0) is 4.74 Å². The Labute approximate surface area is 128 Å². The molecule has 1 aliphatic rings. The van der Waals surface area contributed by atoms with Crippen LogP contribution in [0.15, 0.2) is 24.3 Å². The van der Waals surface area contributed by atoms with E-state index in [1.165, 1.54) is 0 Å². The van der Waals surface area contributed by atoms with Crippen molar-refractivity contribution in [2.45, 2.75) is 44.4 Å². The molecular weight excluding hydrogens is 286 g/mol. The van der Waals surface area contributed by atoms with Gasteiger partial charge in [0, 0.05) is 6.04 Å². The number of benzene rings is 1. The summed E-state index contributed by atoms with van der Waals surface area (Å²) in [5, 5.41) is 32.8. The Morgan fingerprint density at radius 3 is 2.64 bits per heavy atom. The Bertz CT molecular complexity index is 657. The van der Waals surface area contributed by atoms with E-state index in [0.29, 0.717) is 5.95 Å². The van der Waals surface area contributed by atoms with E-state index in [1.807, 2.05) is 38.1 Å². The van der Waals surface area contributed by atoms with Crippen molar-refractivity contribution in [3.05, 3.63) is 24.3 Å². The molecule has 0 bridgehead atoms. The van der Waals surface area contributed by atoms with Crippen LogP contribution in [0.3, 0.4) is 0 Å². The van der Waals surface area contributed by atoms with E-state index in [4.69, 9.17) is 4.74 Å². The molecule has 1 fully saturated rings. The number of imidazole rings is 1. The molecule has 1 aromatic heterocycles. The van der Waals surface area contributed by atoms with E-state index in [9.17, 15) is 15.3 Å². The minimum atomic E-state index is -1.14. The Kier molecular flexibility index (Phi) is 4.05. The van der Waals surface area contributed by atoms with Gasteiger partial charge in [0.15, 0.2) is 6.23 Å². The average molecular weight is 307 g/mol. The highest BCUT2D eigenvalue weighted by Gasteiger charge is 2.44. The molecule has 22 heavy (non-hydrogen) atoms. The van der Waals surface area contributed by atoms with Crippen molar-refractivity contribution in [2.24, 2.45) is 0 Å². The van der Waals surface area contributed by atoms with E-state index in [2.05, 4.69) is 10.3 Å². The van der Waals surface area contributed by atoms with Crippen LogP contribution in [0.1, 0.15) is 20.1 Å². The zero-order valence-corrected chi connectivity index (χ0v) is 12.5. The first kappa shape index (κ1) is 15.2. The molecule has 2 aromatic rings. The number of aliphatic hydroxyl groups is 3. The first-order valence-corrected chi connectivity index (χ1v) is 7.39. The van der Waals surface area contributed by atoms with Gasteiger partial charge in [-0.2, -0.15) is 0 Å². The maximum absolute atomic E-state index is 10.3. The highest BCUT2D eigenvalue weighted by Crippen LogP contribution is 2.34. The second-order valence-electron chi connectivity index (χ2n) is 5.82. The summed E-state index contributed by atoms with van der Waals surface area (Å²) in [6.07, 6.45) is -3.89. The van der Waals surface area contributed by atoms with E-state index in [1.54, 1.807) is 4.57 Å². The summed E-state index contributed by atoms with van der Waals surface area (Å²) in [7, 11) is 0. The van der Waals surface area contributed by atoms with Crippen LogP contribution in [0.25, 0.3) is 11.0 Å². The van der Waals surface area contributed by atoms with Gasteiger partial charge in [0.05, 0.1) is 17.6 Å². The van der Waals surface area contributed by atoms with Gasteiger partial charge in [-0.3, -0.25) is 4.57 Å². The zero-order valence-electron chi connectivity index (χ0n) is 12.5. The summed E-state index contributed by atoms with van der Waals surface area (Å²) < 4.78 is 7.38. The summed E-state index contributed by atoms with van der Waals surface area (Å²) in [4.78, 5) is 4.52. The Balaban J connectivity index is 2.08. The molecule has 1 aromatic carbocycles. The van der Waals surface area contributed by atoms with Crippen LogP contribution in [0.5, 0.6) is 0 Å². The fraction of sp³-hybridized carbons (Fsp3) is 0.533. The van der Waals surface area contributed by atoms with Crippen molar-refractivity contribution in [2.75, 3.05) is 11.9 Å². The number of hydrogen-bond donors (Lipinski definition) is 4. The van der Waals surface area contributed by atoms with Crippen molar-refractivity contribution < 1.29 is 20.1 Å². The van der Waals surface area contributed by atoms with Crippen molar-refractivity contribution in [3.63, 3.8) is 0 Å². The Hall–Kier alpha value is -1.67. The molecule has 0 aliphatic carbocycles. The summed E-state index contributed by atoms with van der Waals surface area (Å²) in [6, 6.07) is 7.66. The SMILES string of the molecule is CC(C)Nc1nc2ccccc2n1[C@H]1O[C@@H](CO)[C@H](O)[C@@H]1O. The van der Waals surface area contributed by atoms with Crippen LogP contribution in [0, 0.1) is 0 Å². The summed E-state index contributed by atoms with van der Waals surface area (Å²) in [5.74, 6) is 0.561. The normalized spacial score (nSPS) is 28.6. The number of fused-ring (bicyclic) bond motifs is 1. The number of aromatic nitrogens is 2. The quantitative estimate of drug-likeness (QED) is 0.655. The Morgan fingerprint density at radius 2 is 2.00 bits per heavy atom. The molecule has 1 aliphatic heterocycles. The van der Waals surface area contributed by atoms with Crippen molar-refractivity contribution in [1.29, 1.82) is 0 Å². The minimum absolute atomic E-state index is 0.146. The molecule has 2 heterocycles. The lowest BCUT2D eigenvalue weighted by Gasteiger charge is -2.21. The number of anilines is 1. The van der Waals surface area contributed by atoms with Crippen LogP contribution < -0.4 is 5.32 Å². The molecular formula is C15H21N3O4. The van der Waals surface area contributed by atoms with Crippen molar-refractivity contribution in [3.8, 4) is 0 Å². The maximum Gasteiger partial charge on any atom is 0.206 e. The fourth-order valence-electron chi connectivity index (χ4n) is 2.76. The number of nitrogens with one attached hydrogen (secondary N) is 1. The van der Waals surface area contributed by atoms with Gasteiger partial charge >= 0.3 is 0 Å². The summed E-state index contributed by atoms with van der Waals surface area (Å²) >= 11 is 0. The first-order valence-electron chi connectivity index (χ1n) is 7.39. The van der Waals surface area contributed by atoms with Crippen LogP contribution in [0.4, 0.5) is 5.95 Å². The molecule has 4 N–H and O–H groups in total. The van der Waals surface area contributed by atoms with Gasteiger partial charge in [-0.15, -0.1) is 0 Å². The smallest absolute Gasteiger partial charge is 0.206 e. The number of para-hydroxylation sites is 2.